The summed E-state index contributed by atoms with van der Waals surface area (Å²) in [6.07, 6.45) is 1.51. The summed E-state index contributed by atoms with van der Waals surface area (Å²) in [5.74, 6) is 0. The smallest absolute Gasteiger partial charge is 0.317 e. The predicted molar refractivity (Wildman–Crippen MR) is 32.9 cm³/mol. The van der Waals surface area contributed by atoms with Crippen LogP contribution in [0.3, 0.4) is 0 Å². The van der Waals surface area contributed by atoms with Gasteiger partial charge in [-0.3, -0.25) is 4.98 Å². The van der Waals surface area contributed by atoms with Crippen molar-refractivity contribution in [2.24, 2.45) is 0 Å². The summed E-state index contributed by atoms with van der Waals surface area (Å²) in [7, 11) is 0. The van der Waals surface area contributed by atoms with E-state index < -0.39 is 6.61 Å². The summed E-state index contributed by atoms with van der Waals surface area (Å²) < 4.78 is 26.8. The summed E-state index contributed by atoms with van der Waals surface area (Å²) >= 11 is 1.30. The zero-order chi connectivity index (χ0) is 7.40. The Morgan fingerprint density at radius 3 is 3.00 bits per heavy atom. The van der Waals surface area contributed by atoms with Crippen LogP contribution in [0.25, 0.3) is 0 Å². The summed E-state index contributed by atoms with van der Waals surface area (Å²) in [6, 6.07) is 0. The van der Waals surface area contributed by atoms with Gasteiger partial charge in [-0.25, -0.2) is 0 Å². The lowest BCUT2D eigenvalue weighted by atomic mass is 10.6. The van der Waals surface area contributed by atoms with Gasteiger partial charge in [-0.15, -0.1) is 11.3 Å². The second kappa shape index (κ2) is 3.58. The maximum Gasteiger partial charge on any atom is 0.345 e. The van der Waals surface area contributed by atoms with Crippen LogP contribution in [0, 0.1) is 0 Å². The topological polar surface area (TPSA) is 22.1 Å². The van der Waals surface area contributed by atoms with Crippen LogP contribution in [0.15, 0.2) is 11.7 Å². The molecule has 0 N–H and O–H groups in total. The number of aromatic nitrogens is 1. The molecule has 5 heteroatoms. The van der Waals surface area contributed by atoms with Crippen molar-refractivity contribution in [1.82, 2.24) is 4.98 Å². The van der Waals surface area contributed by atoms with Gasteiger partial charge >= 0.3 is 6.61 Å². The highest BCUT2D eigenvalue weighted by Crippen LogP contribution is 2.08. The average Bonchev–Trinajstić information content (AvgIpc) is 2.34. The van der Waals surface area contributed by atoms with Gasteiger partial charge in [0.1, 0.15) is 0 Å². The fourth-order valence-corrected chi connectivity index (χ4v) is 0.973. The molecular weight excluding hydrogens is 160 g/mol. The van der Waals surface area contributed by atoms with Gasteiger partial charge in [0.15, 0.2) is 0 Å². The van der Waals surface area contributed by atoms with Gasteiger partial charge in [0.05, 0.1) is 17.0 Å². The zero-order valence-electron chi connectivity index (χ0n) is 4.96. The van der Waals surface area contributed by atoms with E-state index in [-0.39, 0.29) is 6.61 Å². The average molecular weight is 165 g/mol. The van der Waals surface area contributed by atoms with Gasteiger partial charge in [-0.05, 0) is 0 Å². The first kappa shape index (κ1) is 7.56. The first-order chi connectivity index (χ1) is 4.79. The molecule has 0 aliphatic carbocycles. The number of ether oxygens (including phenoxy) is 1. The van der Waals surface area contributed by atoms with Crippen molar-refractivity contribution < 1.29 is 13.5 Å². The van der Waals surface area contributed by atoms with Crippen LogP contribution >= 0.6 is 11.3 Å². The van der Waals surface area contributed by atoms with Gasteiger partial charge in [0.25, 0.3) is 0 Å². The summed E-state index contributed by atoms with van der Waals surface area (Å²) in [4.78, 5) is 4.40. The van der Waals surface area contributed by atoms with Crippen LogP contribution in [0.5, 0.6) is 0 Å². The van der Waals surface area contributed by atoms with Crippen LogP contribution in [0.4, 0.5) is 8.78 Å². The second-order valence-corrected chi connectivity index (χ2v) is 2.51. The Hall–Kier alpha value is -0.550. The fourth-order valence-electron chi connectivity index (χ4n) is 0.459. The molecule has 0 aliphatic rings. The van der Waals surface area contributed by atoms with E-state index >= 15 is 0 Å². The third-order valence-electron chi connectivity index (χ3n) is 0.835. The third-order valence-corrected chi connectivity index (χ3v) is 1.59. The molecule has 0 aliphatic heterocycles. The molecule has 0 fully saturated rings. The van der Waals surface area contributed by atoms with E-state index in [2.05, 4.69) is 9.72 Å². The highest BCUT2D eigenvalue weighted by molar-refractivity contribution is 7.09. The van der Waals surface area contributed by atoms with Gasteiger partial charge in [0, 0.05) is 6.20 Å². The second-order valence-electron chi connectivity index (χ2n) is 1.54. The van der Waals surface area contributed by atoms with Crippen LogP contribution in [-0.2, 0) is 11.3 Å². The molecule has 1 aromatic rings. The van der Waals surface area contributed by atoms with Crippen LogP contribution in [-0.4, -0.2) is 11.6 Å². The molecule has 2 nitrogen and oxygen atoms in total. The monoisotopic (exact) mass is 165 g/mol. The van der Waals surface area contributed by atoms with E-state index in [9.17, 15) is 8.78 Å². The molecule has 0 radical (unpaired) electrons. The number of thiazole rings is 1. The Labute approximate surface area is 60.5 Å². The van der Waals surface area contributed by atoms with E-state index in [0.29, 0.717) is 4.88 Å². The van der Waals surface area contributed by atoms with Crippen molar-refractivity contribution >= 4 is 11.3 Å². The molecule has 0 unspecified atom stereocenters. The maximum absolute atomic E-state index is 11.4. The lowest BCUT2D eigenvalue weighted by Crippen LogP contribution is -1.97. The molecule has 0 aromatic carbocycles. The predicted octanol–water partition coefficient (Wildman–Crippen LogP) is 1.88. The Morgan fingerprint density at radius 2 is 2.50 bits per heavy atom. The molecule has 1 aromatic heterocycles. The summed E-state index contributed by atoms with van der Waals surface area (Å²) in [6.45, 7) is -2.75. The molecule has 56 valence electrons. The van der Waals surface area contributed by atoms with Crippen molar-refractivity contribution in [3.05, 3.63) is 16.6 Å². The van der Waals surface area contributed by atoms with Gasteiger partial charge < -0.3 is 4.74 Å². The fraction of sp³-hybridized carbons (Fsp3) is 0.400. The zero-order valence-corrected chi connectivity index (χ0v) is 5.78. The number of hydrogen-bond acceptors (Lipinski definition) is 3. The quantitative estimate of drug-likeness (QED) is 0.682. The SMILES string of the molecule is FC(F)OCc1cncs1. The summed E-state index contributed by atoms with van der Waals surface area (Å²) in [5.41, 5.74) is 1.57. The lowest BCUT2D eigenvalue weighted by molar-refractivity contribution is -0.136. The molecule has 0 saturated carbocycles. The van der Waals surface area contributed by atoms with E-state index in [4.69, 9.17) is 0 Å². The van der Waals surface area contributed by atoms with Crippen LogP contribution in [0.1, 0.15) is 4.88 Å². The molecule has 1 rings (SSSR count). The Kier molecular flexibility index (Phi) is 2.70. The summed E-state index contributed by atoms with van der Waals surface area (Å²) in [5, 5.41) is 0. The first-order valence-electron chi connectivity index (χ1n) is 2.56. The number of rotatable bonds is 3. The minimum absolute atomic E-state index is 0.0532. The van der Waals surface area contributed by atoms with Gasteiger partial charge in [0.2, 0.25) is 0 Å². The van der Waals surface area contributed by atoms with E-state index in [0.717, 1.165) is 0 Å². The van der Waals surface area contributed by atoms with Crippen molar-refractivity contribution in [3.8, 4) is 0 Å². The Balaban J connectivity index is 2.28. The molecule has 10 heavy (non-hydrogen) atoms. The number of hydrogen-bond donors (Lipinski definition) is 0. The van der Waals surface area contributed by atoms with Gasteiger partial charge in [-0.1, -0.05) is 0 Å². The largest absolute Gasteiger partial charge is 0.345 e. The van der Waals surface area contributed by atoms with Crippen LogP contribution in [0.2, 0.25) is 0 Å². The van der Waals surface area contributed by atoms with E-state index in [1.165, 1.54) is 17.5 Å². The van der Waals surface area contributed by atoms with Crippen molar-refractivity contribution in [2.75, 3.05) is 0 Å². The minimum atomic E-state index is -2.69. The highest BCUT2D eigenvalue weighted by atomic mass is 32.1. The number of halogens is 2. The van der Waals surface area contributed by atoms with Crippen molar-refractivity contribution in [2.45, 2.75) is 13.2 Å². The Bertz CT molecular complexity index is 178. The van der Waals surface area contributed by atoms with Crippen LogP contribution < -0.4 is 0 Å². The molecule has 0 bridgehead atoms. The molecular formula is C5H5F2NOS. The van der Waals surface area contributed by atoms with Crippen molar-refractivity contribution in [3.63, 3.8) is 0 Å². The Morgan fingerprint density at radius 1 is 1.70 bits per heavy atom. The number of alkyl halides is 2. The first-order valence-corrected chi connectivity index (χ1v) is 3.44. The van der Waals surface area contributed by atoms with Crippen molar-refractivity contribution in [1.29, 1.82) is 0 Å². The maximum atomic E-state index is 11.4. The van der Waals surface area contributed by atoms with E-state index in [1.807, 2.05) is 0 Å². The molecule has 0 atom stereocenters. The van der Waals surface area contributed by atoms with Gasteiger partial charge in [-0.2, -0.15) is 8.78 Å². The molecule has 0 amide bonds. The molecule has 0 spiro atoms. The molecule has 1 heterocycles. The third kappa shape index (κ3) is 2.36. The standard InChI is InChI=1S/C5H5F2NOS/c6-5(7)9-2-4-1-8-3-10-4/h1,3,5H,2H2. The van der Waals surface area contributed by atoms with E-state index in [1.54, 1.807) is 5.51 Å². The normalized spacial score (nSPS) is 10.7. The highest BCUT2D eigenvalue weighted by Gasteiger charge is 2.02. The lowest BCUT2D eigenvalue weighted by Gasteiger charge is -1.96. The number of nitrogens with zero attached hydrogens (tertiary/aromatic N) is 1. The minimum Gasteiger partial charge on any atom is -0.317 e. The molecule has 0 saturated heterocycles.